The molecule has 2 amide bonds. The Morgan fingerprint density at radius 1 is 1.43 bits per heavy atom. The number of nitrogens with one attached hydrogen (secondary N) is 2. The zero-order valence-electron chi connectivity index (χ0n) is 11.5. The van der Waals surface area contributed by atoms with Gasteiger partial charge in [0.25, 0.3) is 0 Å². The van der Waals surface area contributed by atoms with Gasteiger partial charge >= 0.3 is 12.0 Å². The predicted molar refractivity (Wildman–Crippen MR) is 70.2 cm³/mol. The van der Waals surface area contributed by atoms with Crippen LogP contribution >= 0.6 is 0 Å². The zero-order valence-corrected chi connectivity index (χ0v) is 12.3. The maximum absolute atomic E-state index is 11.5. The SMILES string of the molecule is Cc1nc(CNC(=O)NC(CCS(C)(=O)=O)C(=O)O)no1. The van der Waals surface area contributed by atoms with Crippen LogP contribution in [0.5, 0.6) is 0 Å². The molecule has 21 heavy (non-hydrogen) atoms. The van der Waals surface area contributed by atoms with E-state index in [9.17, 15) is 18.0 Å². The van der Waals surface area contributed by atoms with Crippen LogP contribution in [0, 0.1) is 6.92 Å². The minimum absolute atomic E-state index is 0.0401. The van der Waals surface area contributed by atoms with Crippen molar-refractivity contribution >= 4 is 21.8 Å². The van der Waals surface area contributed by atoms with E-state index in [1.54, 1.807) is 6.92 Å². The number of aliphatic carboxylic acids is 1. The maximum Gasteiger partial charge on any atom is 0.326 e. The van der Waals surface area contributed by atoms with Crippen LogP contribution < -0.4 is 10.6 Å². The fraction of sp³-hybridized carbons (Fsp3) is 0.600. The van der Waals surface area contributed by atoms with Crippen LogP contribution in [0.2, 0.25) is 0 Å². The summed E-state index contributed by atoms with van der Waals surface area (Å²) in [5.41, 5.74) is 0. The molecule has 1 unspecified atom stereocenters. The van der Waals surface area contributed by atoms with E-state index in [-0.39, 0.29) is 24.5 Å². The van der Waals surface area contributed by atoms with E-state index in [0.717, 1.165) is 6.26 Å². The molecule has 0 saturated carbocycles. The maximum atomic E-state index is 11.5. The smallest absolute Gasteiger partial charge is 0.326 e. The molecule has 3 N–H and O–H groups in total. The van der Waals surface area contributed by atoms with E-state index in [1.807, 2.05) is 0 Å². The second-order valence-corrected chi connectivity index (χ2v) is 6.63. The van der Waals surface area contributed by atoms with Gasteiger partial charge in [0.1, 0.15) is 15.9 Å². The van der Waals surface area contributed by atoms with Gasteiger partial charge in [0, 0.05) is 13.2 Å². The Labute approximate surface area is 120 Å². The third-order valence-electron chi connectivity index (χ3n) is 2.36. The third kappa shape index (κ3) is 6.70. The van der Waals surface area contributed by atoms with Gasteiger partial charge in [0.05, 0.1) is 12.3 Å². The standard InChI is InChI=1S/C10H16N4O6S/c1-6-12-8(14-20-6)5-11-10(17)13-7(9(15)16)3-4-21(2,18)19/h7H,3-5H2,1-2H3,(H,15,16)(H2,11,13,17). The summed E-state index contributed by atoms with van der Waals surface area (Å²) in [5.74, 6) is -1.08. The highest BCUT2D eigenvalue weighted by molar-refractivity contribution is 7.90. The van der Waals surface area contributed by atoms with Gasteiger partial charge in [0.2, 0.25) is 5.89 Å². The molecule has 0 bridgehead atoms. The summed E-state index contributed by atoms with van der Waals surface area (Å²) < 4.78 is 26.7. The molecular formula is C10H16N4O6S. The summed E-state index contributed by atoms with van der Waals surface area (Å²) in [4.78, 5) is 26.3. The van der Waals surface area contributed by atoms with Gasteiger partial charge in [-0.15, -0.1) is 0 Å². The van der Waals surface area contributed by atoms with E-state index in [0.29, 0.717) is 5.89 Å². The Morgan fingerprint density at radius 3 is 2.57 bits per heavy atom. The Bertz CT molecular complexity index is 611. The zero-order chi connectivity index (χ0) is 16.0. The van der Waals surface area contributed by atoms with Crippen LogP contribution in [0.1, 0.15) is 18.1 Å². The highest BCUT2D eigenvalue weighted by Crippen LogP contribution is 1.98. The fourth-order valence-corrected chi connectivity index (χ4v) is 2.03. The molecular weight excluding hydrogens is 304 g/mol. The van der Waals surface area contributed by atoms with Crippen molar-refractivity contribution in [1.82, 2.24) is 20.8 Å². The van der Waals surface area contributed by atoms with E-state index < -0.39 is 27.9 Å². The molecule has 0 aliphatic heterocycles. The summed E-state index contributed by atoms with van der Waals surface area (Å²) in [6, 6.07) is -2.06. The minimum atomic E-state index is -3.31. The van der Waals surface area contributed by atoms with Crippen molar-refractivity contribution in [3.05, 3.63) is 11.7 Å². The largest absolute Gasteiger partial charge is 0.480 e. The van der Waals surface area contributed by atoms with Crippen LogP contribution in [0.4, 0.5) is 4.79 Å². The Morgan fingerprint density at radius 2 is 2.10 bits per heavy atom. The number of hydrogen-bond acceptors (Lipinski definition) is 7. The van der Waals surface area contributed by atoms with Crippen molar-refractivity contribution in [2.24, 2.45) is 0 Å². The van der Waals surface area contributed by atoms with Crippen molar-refractivity contribution in [3.8, 4) is 0 Å². The third-order valence-corrected chi connectivity index (χ3v) is 3.33. The number of aryl methyl sites for hydroxylation is 1. The lowest BCUT2D eigenvalue weighted by atomic mass is 10.2. The van der Waals surface area contributed by atoms with Gasteiger partial charge in [-0.1, -0.05) is 5.16 Å². The normalized spacial score (nSPS) is 12.7. The molecule has 0 spiro atoms. The molecule has 0 aromatic carbocycles. The molecule has 1 aromatic rings. The first-order valence-electron chi connectivity index (χ1n) is 5.91. The summed E-state index contributed by atoms with van der Waals surface area (Å²) in [7, 11) is -3.31. The van der Waals surface area contributed by atoms with Crippen LogP contribution in [-0.4, -0.2) is 53.7 Å². The fourth-order valence-electron chi connectivity index (χ4n) is 1.37. The highest BCUT2D eigenvalue weighted by Gasteiger charge is 2.21. The first kappa shape index (κ1) is 16.9. The molecule has 1 aromatic heterocycles. The average molecular weight is 320 g/mol. The number of aromatic nitrogens is 2. The second kappa shape index (κ2) is 7.02. The van der Waals surface area contributed by atoms with Gasteiger partial charge in [-0.3, -0.25) is 0 Å². The van der Waals surface area contributed by atoms with Crippen molar-refractivity contribution in [1.29, 1.82) is 0 Å². The molecule has 118 valence electrons. The van der Waals surface area contributed by atoms with Gasteiger partial charge in [0.15, 0.2) is 5.82 Å². The van der Waals surface area contributed by atoms with Crippen molar-refractivity contribution in [3.63, 3.8) is 0 Å². The van der Waals surface area contributed by atoms with Crippen molar-refractivity contribution < 1.29 is 27.6 Å². The Hall–Kier alpha value is -2.17. The number of carbonyl (C=O) groups excluding carboxylic acids is 1. The summed E-state index contributed by atoms with van der Waals surface area (Å²) >= 11 is 0. The van der Waals surface area contributed by atoms with E-state index in [2.05, 4.69) is 20.8 Å². The number of sulfone groups is 1. The lowest BCUT2D eigenvalue weighted by Crippen LogP contribution is -2.46. The number of hydrogen-bond donors (Lipinski definition) is 3. The quantitative estimate of drug-likeness (QED) is 0.582. The molecule has 1 atom stereocenters. The van der Waals surface area contributed by atoms with Crippen LogP contribution in [0.3, 0.4) is 0 Å². The van der Waals surface area contributed by atoms with E-state index >= 15 is 0 Å². The Kier molecular flexibility index (Phi) is 5.64. The number of carbonyl (C=O) groups is 2. The number of nitrogens with zero attached hydrogens (tertiary/aromatic N) is 2. The molecule has 0 saturated heterocycles. The molecule has 0 aliphatic rings. The summed E-state index contributed by atoms with van der Waals surface area (Å²) in [6.45, 7) is 1.55. The molecule has 0 aliphatic carbocycles. The summed E-state index contributed by atoms with van der Waals surface area (Å²) in [5, 5.41) is 17.0. The summed E-state index contributed by atoms with van der Waals surface area (Å²) in [6.07, 6.45) is 0.771. The number of carboxylic acid groups (broad SMARTS) is 1. The van der Waals surface area contributed by atoms with Crippen LogP contribution in [0.25, 0.3) is 0 Å². The average Bonchev–Trinajstić information content (AvgIpc) is 2.76. The first-order valence-corrected chi connectivity index (χ1v) is 7.97. The van der Waals surface area contributed by atoms with Gasteiger partial charge in [-0.25, -0.2) is 18.0 Å². The first-order chi connectivity index (χ1) is 9.67. The lowest BCUT2D eigenvalue weighted by Gasteiger charge is -2.14. The number of amides is 2. The number of carboxylic acids is 1. The monoisotopic (exact) mass is 320 g/mol. The molecule has 1 rings (SSSR count). The van der Waals surface area contributed by atoms with Crippen molar-refractivity contribution in [2.45, 2.75) is 25.9 Å². The lowest BCUT2D eigenvalue weighted by molar-refractivity contribution is -0.139. The topological polar surface area (TPSA) is 151 Å². The number of rotatable bonds is 7. The van der Waals surface area contributed by atoms with Crippen LogP contribution in [-0.2, 0) is 21.2 Å². The van der Waals surface area contributed by atoms with Gasteiger partial charge < -0.3 is 20.3 Å². The van der Waals surface area contributed by atoms with Crippen LogP contribution in [0.15, 0.2) is 4.52 Å². The minimum Gasteiger partial charge on any atom is -0.480 e. The predicted octanol–water partition coefficient (Wildman–Crippen LogP) is -0.935. The van der Waals surface area contributed by atoms with E-state index in [4.69, 9.17) is 9.63 Å². The Balaban J connectivity index is 2.47. The molecule has 11 heteroatoms. The van der Waals surface area contributed by atoms with Crippen molar-refractivity contribution in [2.75, 3.05) is 12.0 Å². The van der Waals surface area contributed by atoms with Gasteiger partial charge in [-0.2, -0.15) is 4.98 Å². The molecule has 0 fully saturated rings. The van der Waals surface area contributed by atoms with Gasteiger partial charge in [-0.05, 0) is 6.42 Å². The number of urea groups is 1. The molecule has 10 nitrogen and oxygen atoms in total. The van der Waals surface area contributed by atoms with E-state index in [1.165, 1.54) is 0 Å². The highest BCUT2D eigenvalue weighted by atomic mass is 32.2. The second-order valence-electron chi connectivity index (χ2n) is 4.37. The molecule has 0 radical (unpaired) electrons. The molecule has 1 heterocycles.